The second-order valence-electron chi connectivity index (χ2n) is 6.21. The van der Waals surface area contributed by atoms with Crippen LogP contribution in [0.15, 0.2) is 48.5 Å². The van der Waals surface area contributed by atoms with Crippen LogP contribution in [-0.4, -0.2) is 11.7 Å². The van der Waals surface area contributed by atoms with E-state index in [0.29, 0.717) is 5.56 Å². The number of nitrogens with one attached hydrogen (secondary N) is 1. The quantitative estimate of drug-likeness (QED) is 0.712. The fourth-order valence-corrected chi connectivity index (χ4v) is 2.67. The van der Waals surface area contributed by atoms with Crippen molar-refractivity contribution in [3.63, 3.8) is 0 Å². The van der Waals surface area contributed by atoms with Crippen LogP contribution in [0, 0.1) is 5.82 Å². The minimum Gasteiger partial charge on any atom is -0.350 e. The van der Waals surface area contributed by atoms with Crippen LogP contribution in [0.3, 0.4) is 0 Å². The number of hydrogen-bond donors (Lipinski definition) is 1. The molecule has 0 spiro atoms. The Labute approximate surface area is 148 Å². The topological polar surface area (TPSA) is 46.2 Å². The number of halogens is 1. The molecule has 0 fully saturated rings. The predicted octanol–water partition coefficient (Wildman–Crippen LogP) is 4.62. The largest absolute Gasteiger partial charge is 0.350 e. The molecule has 0 aliphatic carbocycles. The van der Waals surface area contributed by atoms with Gasteiger partial charge in [0, 0.05) is 18.4 Å². The lowest BCUT2D eigenvalue weighted by atomic mass is 10.0. The van der Waals surface area contributed by atoms with Crippen molar-refractivity contribution in [2.75, 3.05) is 0 Å². The second-order valence-corrected chi connectivity index (χ2v) is 6.21. The van der Waals surface area contributed by atoms with Crippen LogP contribution >= 0.6 is 0 Å². The average Bonchev–Trinajstić information content (AvgIpc) is 2.61. The molecule has 1 unspecified atom stereocenters. The first-order chi connectivity index (χ1) is 12.0. The van der Waals surface area contributed by atoms with E-state index in [1.54, 1.807) is 12.1 Å². The van der Waals surface area contributed by atoms with Gasteiger partial charge in [-0.15, -0.1) is 0 Å². The summed E-state index contributed by atoms with van der Waals surface area (Å²) in [6.45, 7) is 3.95. The van der Waals surface area contributed by atoms with Crippen LogP contribution in [0.1, 0.15) is 60.6 Å². The molecule has 2 aromatic carbocycles. The van der Waals surface area contributed by atoms with E-state index in [1.807, 2.05) is 31.2 Å². The van der Waals surface area contributed by atoms with Gasteiger partial charge in [0.05, 0.1) is 6.04 Å². The summed E-state index contributed by atoms with van der Waals surface area (Å²) in [7, 11) is 0. The number of rotatable bonds is 8. The molecule has 0 aliphatic heterocycles. The van der Waals surface area contributed by atoms with E-state index in [4.69, 9.17) is 0 Å². The summed E-state index contributed by atoms with van der Waals surface area (Å²) in [5.74, 6) is -0.529. The molecule has 0 radical (unpaired) electrons. The first-order valence-electron chi connectivity index (χ1n) is 8.66. The van der Waals surface area contributed by atoms with Crippen molar-refractivity contribution < 1.29 is 14.0 Å². The van der Waals surface area contributed by atoms with Gasteiger partial charge in [0.25, 0.3) is 0 Å². The normalized spacial score (nSPS) is 11.8. The van der Waals surface area contributed by atoms with Crippen molar-refractivity contribution in [1.29, 1.82) is 0 Å². The van der Waals surface area contributed by atoms with E-state index < -0.39 is 0 Å². The number of ketones is 1. The van der Waals surface area contributed by atoms with Gasteiger partial charge in [0.2, 0.25) is 5.91 Å². The van der Waals surface area contributed by atoms with Crippen molar-refractivity contribution >= 4 is 11.7 Å². The molecule has 0 saturated heterocycles. The van der Waals surface area contributed by atoms with E-state index in [2.05, 4.69) is 12.2 Å². The molecule has 1 N–H and O–H groups in total. The molecule has 4 heteroatoms. The third-order valence-corrected chi connectivity index (χ3v) is 4.14. The Morgan fingerprint density at radius 1 is 1.00 bits per heavy atom. The highest BCUT2D eigenvalue weighted by Crippen LogP contribution is 2.14. The van der Waals surface area contributed by atoms with Crippen LogP contribution in [0.2, 0.25) is 0 Å². The molecule has 2 rings (SSSR count). The second kappa shape index (κ2) is 9.11. The SMILES string of the molecule is CCCc1ccc(C(=O)CCC(=O)NC(C)c2ccc(F)cc2)cc1. The van der Waals surface area contributed by atoms with E-state index in [1.165, 1.54) is 17.7 Å². The van der Waals surface area contributed by atoms with E-state index in [0.717, 1.165) is 18.4 Å². The Hall–Kier alpha value is -2.49. The maximum absolute atomic E-state index is 12.9. The lowest BCUT2D eigenvalue weighted by molar-refractivity contribution is -0.121. The van der Waals surface area contributed by atoms with Gasteiger partial charge in [-0.2, -0.15) is 0 Å². The van der Waals surface area contributed by atoms with Crippen molar-refractivity contribution in [1.82, 2.24) is 5.32 Å². The van der Waals surface area contributed by atoms with Gasteiger partial charge in [-0.3, -0.25) is 9.59 Å². The summed E-state index contributed by atoms with van der Waals surface area (Å²) < 4.78 is 12.9. The van der Waals surface area contributed by atoms with Gasteiger partial charge < -0.3 is 5.32 Å². The van der Waals surface area contributed by atoms with E-state index >= 15 is 0 Å². The molecular weight excluding hydrogens is 317 g/mol. The van der Waals surface area contributed by atoms with Gasteiger partial charge in [0.1, 0.15) is 5.82 Å². The highest BCUT2D eigenvalue weighted by Gasteiger charge is 2.12. The molecule has 132 valence electrons. The summed E-state index contributed by atoms with van der Waals surface area (Å²) >= 11 is 0. The number of amides is 1. The fourth-order valence-electron chi connectivity index (χ4n) is 2.67. The molecule has 0 aliphatic rings. The third kappa shape index (κ3) is 5.82. The number of hydrogen-bond acceptors (Lipinski definition) is 2. The van der Waals surface area contributed by atoms with Gasteiger partial charge in [-0.05, 0) is 36.6 Å². The first kappa shape index (κ1) is 18.8. The minimum absolute atomic E-state index is 0.0346. The molecule has 0 saturated carbocycles. The number of Topliss-reactive ketones (excluding diaryl/α,β-unsaturated/α-hetero) is 1. The lowest BCUT2D eigenvalue weighted by Gasteiger charge is -2.14. The lowest BCUT2D eigenvalue weighted by Crippen LogP contribution is -2.26. The Balaban J connectivity index is 1.82. The Bertz CT molecular complexity index is 708. The average molecular weight is 341 g/mol. The molecule has 3 nitrogen and oxygen atoms in total. The zero-order chi connectivity index (χ0) is 18.2. The molecule has 0 aromatic heterocycles. The molecule has 1 amide bonds. The van der Waals surface area contributed by atoms with Gasteiger partial charge >= 0.3 is 0 Å². The van der Waals surface area contributed by atoms with Crippen LogP contribution in [-0.2, 0) is 11.2 Å². The van der Waals surface area contributed by atoms with E-state index in [-0.39, 0.29) is 36.4 Å². The van der Waals surface area contributed by atoms with Gasteiger partial charge in [-0.25, -0.2) is 4.39 Å². The molecule has 0 bridgehead atoms. The molecule has 1 atom stereocenters. The summed E-state index contributed by atoms with van der Waals surface area (Å²) in [6, 6.07) is 13.4. The number of benzene rings is 2. The van der Waals surface area contributed by atoms with Crippen molar-refractivity contribution in [2.45, 2.75) is 45.6 Å². The monoisotopic (exact) mass is 341 g/mol. The summed E-state index contributed by atoms with van der Waals surface area (Å²) in [4.78, 5) is 24.2. The fraction of sp³-hybridized carbons (Fsp3) is 0.333. The summed E-state index contributed by atoms with van der Waals surface area (Å²) in [5.41, 5.74) is 2.68. The predicted molar refractivity (Wildman–Crippen MR) is 97.0 cm³/mol. The molecular formula is C21H24FNO2. The maximum atomic E-state index is 12.9. The van der Waals surface area contributed by atoms with Crippen LogP contribution < -0.4 is 5.32 Å². The van der Waals surface area contributed by atoms with Crippen LogP contribution in [0.4, 0.5) is 4.39 Å². The van der Waals surface area contributed by atoms with Crippen LogP contribution in [0.5, 0.6) is 0 Å². The molecule has 0 heterocycles. The highest BCUT2D eigenvalue weighted by molar-refractivity contribution is 5.98. The van der Waals surface area contributed by atoms with Crippen molar-refractivity contribution in [2.24, 2.45) is 0 Å². The van der Waals surface area contributed by atoms with E-state index in [9.17, 15) is 14.0 Å². The Morgan fingerprint density at radius 3 is 2.24 bits per heavy atom. The Morgan fingerprint density at radius 2 is 1.64 bits per heavy atom. The zero-order valence-corrected chi connectivity index (χ0v) is 14.7. The van der Waals surface area contributed by atoms with Crippen molar-refractivity contribution in [3.05, 3.63) is 71.0 Å². The highest BCUT2D eigenvalue weighted by atomic mass is 19.1. The Kier molecular flexibility index (Phi) is 6.87. The number of carbonyl (C=O) groups excluding carboxylic acids is 2. The van der Waals surface area contributed by atoms with Crippen LogP contribution in [0.25, 0.3) is 0 Å². The first-order valence-corrected chi connectivity index (χ1v) is 8.66. The molecule has 25 heavy (non-hydrogen) atoms. The number of aryl methyl sites for hydroxylation is 1. The van der Waals surface area contributed by atoms with Gasteiger partial charge in [-0.1, -0.05) is 49.7 Å². The number of carbonyl (C=O) groups is 2. The summed E-state index contributed by atoms with van der Waals surface area (Å²) in [6.07, 6.45) is 2.38. The van der Waals surface area contributed by atoms with Gasteiger partial charge in [0.15, 0.2) is 5.78 Å². The molecule has 2 aromatic rings. The smallest absolute Gasteiger partial charge is 0.220 e. The minimum atomic E-state index is -0.308. The maximum Gasteiger partial charge on any atom is 0.220 e. The summed E-state index contributed by atoms with van der Waals surface area (Å²) in [5, 5.41) is 2.83. The third-order valence-electron chi connectivity index (χ3n) is 4.14. The standard InChI is InChI=1S/C21H24FNO2/c1-3-4-16-5-7-18(8-6-16)20(24)13-14-21(25)23-15(2)17-9-11-19(22)12-10-17/h5-12,15H,3-4,13-14H2,1-2H3,(H,23,25). The zero-order valence-electron chi connectivity index (χ0n) is 14.7. The van der Waals surface area contributed by atoms with Crippen molar-refractivity contribution in [3.8, 4) is 0 Å².